The Balaban J connectivity index is 1.80. The van der Waals surface area contributed by atoms with Crippen LogP contribution in [-0.2, 0) is 11.3 Å². The number of hydrogen-bond donors (Lipinski definition) is 1. The lowest BCUT2D eigenvalue weighted by molar-refractivity contribution is -0.124. The molecule has 1 aliphatic carbocycles. The van der Waals surface area contributed by atoms with E-state index in [0.29, 0.717) is 12.6 Å². The van der Waals surface area contributed by atoms with Crippen molar-refractivity contribution in [3.63, 3.8) is 0 Å². The van der Waals surface area contributed by atoms with Crippen LogP contribution in [0.4, 0.5) is 0 Å². The molecule has 1 atom stereocenters. The zero-order valence-electron chi connectivity index (χ0n) is 13.2. The van der Waals surface area contributed by atoms with E-state index in [0.717, 1.165) is 17.7 Å². The first-order chi connectivity index (χ1) is 10.2. The molecule has 1 unspecified atom stereocenters. The zero-order chi connectivity index (χ0) is 15.1. The molecule has 1 aromatic carbocycles. The van der Waals surface area contributed by atoms with E-state index in [1.165, 1.54) is 32.1 Å². The Bertz CT molecular complexity index is 435. The molecule has 116 valence electrons. The Kier molecular flexibility index (Phi) is 6.09. The average molecular weight is 289 g/mol. The molecule has 3 heteroatoms. The molecule has 0 saturated heterocycles. The van der Waals surface area contributed by atoms with Crippen LogP contribution in [0, 0.1) is 5.92 Å². The maximum absolute atomic E-state index is 11.7. The molecule has 0 aromatic heterocycles. The van der Waals surface area contributed by atoms with Crippen molar-refractivity contribution < 1.29 is 9.53 Å². The third-order valence-corrected chi connectivity index (χ3v) is 4.31. The molecule has 2 rings (SSSR count). The minimum atomic E-state index is 0.0823. The van der Waals surface area contributed by atoms with Gasteiger partial charge in [-0.2, -0.15) is 0 Å². The molecule has 1 aromatic rings. The molecule has 1 amide bonds. The maximum Gasteiger partial charge on any atom is 0.223 e. The van der Waals surface area contributed by atoms with Crippen molar-refractivity contribution in [2.75, 3.05) is 0 Å². The fourth-order valence-corrected chi connectivity index (χ4v) is 2.61. The topological polar surface area (TPSA) is 38.3 Å². The zero-order valence-corrected chi connectivity index (χ0v) is 13.2. The van der Waals surface area contributed by atoms with Crippen molar-refractivity contribution in [1.82, 2.24) is 5.32 Å². The van der Waals surface area contributed by atoms with Crippen LogP contribution < -0.4 is 10.1 Å². The van der Waals surface area contributed by atoms with Crippen LogP contribution in [0.5, 0.6) is 5.75 Å². The molecule has 0 spiro atoms. The highest BCUT2D eigenvalue weighted by Crippen LogP contribution is 2.23. The third-order valence-electron chi connectivity index (χ3n) is 4.31. The molecule has 1 saturated carbocycles. The van der Waals surface area contributed by atoms with Crippen LogP contribution in [-0.4, -0.2) is 12.0 Å². The molecule has 0 heterocycles. The van der Waals surface area contributed by atoms with Crippen molar-refractivity contribution in [2.45, 2.75) is 65.0 Å². The summed E-state index contributed by atoms with van der Waals surface area (Å²) in [5.41, 5.74) is 1.11. The van der Waals surface area contributed by atoms with Crippen LogP contribution in [0.1, 0.15) is 57.9 Å². The monoisotopic (exact) mass is 289 g/mol. The largest absolute Gasteiger partial charge is 0.490 e. The van der Waals surface area contributed by atoms with Gasteiger partial charge in [0.1, 0.15) is 5.75 Å². The van der Waals surface area contributed by atoms with E-state index in [-0.39, 0.29) is 11.8 Å². The Morgan fingerprint density at radius 1 is 1.24 bits per heavy atom. The van der Waals surface area contributed by atoms with E-state index in [1.54, 1.807) is 0 Å². The molecule has 1 N–H and O–H groups in total. The fourth-order valence-electron chi connectivity index (χ4n) is 2.61. The van der Waals surface area contributed by atoms with Gasteiger partial charge in [0, 0.05) is 12.5 Å². The third kappa shape index (κ3) is 5.07. The van der Waals surface area contributed by atoms with E-state index in [4.69, 9.17) is 4.74 Å². The number of hydrogen-bond acceptors (Lipinski definition) is 2. The number of ether oxygens (including phenoxy) is 1. The number of benzene rings is 1. The summed E-state index contributed by atoms with van der Waals surface area (Å²) in [6.45, 7) is 4.57. The summed E-state index contributed by atoms with van der Waals surface area (Å²) < 4.78 is 6.00. The van der Waals surface area contributed by atoms with Gasteiger partial charge in [-0.3, -0.25) is 4.79 Å². The Morgan fingerprint density at radius 2 is 1.90 bits per heavy atom. The van der Waals surface area contributed by atoms with E-state index in [1.807, 2.05) is 38.1 Å². The lowest BCUT2D eigenvalue weighted by Gasteiger charge is -2.23. The Labute approximate surface area is 128 Å². The van der Waals surface area contributed by atoms with Crippen molar-refractivity contribution in [2.24, 2.45) is 5.92 Å². The number of nitrogens with one attached hydrogen (secondary N) is 1. The molecule has 0 aliphatic heterocycles. The second kappa shape index (κ2) is 8.06. The molecular formula is C18H27NO2. The first-order valence-electron chi connectivity index (χ1n) is 8.22. The summed E-state index contributed by atoms with van der Waals surface area (Å²) >= 11 is 0. The van der Waals surface area contributed by atoms with Gasteiger partial charge in [-0.05, 0) is 49.8 Å². The lowest BCUT2D eigenvalue weighted by atomic mass is 9.98. The highest BCUT2D eigenvalue weighted by molar-refractivity contribution is 5.78. The molecule has 1 aliphatic rings. The fraction of sp³-hybridized carbons (Fsp3) is 0.611. The Morgan fingerprint density at radius 3 is 2.52 bits per heavy atom. The van der Waals surface area contributed by atoms with Gasteiger partial charge in [0.15, 0.2) is 0 Å². The van der Waals surface area contributed by atoms with Crippen molar-refractivity contribution >= 4 is 5.91 Å². The highest BCUT2D eigenvalue weighted by atomic mass is 16.5. The summed E-state index contributed by atoms with van der Waals surface area (Å²) in [7, 11) is 0. The van der Waals surface area contributed by atoms with Gasteiger partial charge in [0.05, 0.1) is 6.10 Å². The van der Waals surface area contributed by atoms with Gasteiger partial charge >= 0.3 is 0 Å². The molecular weight excluding hydrogens is 262 g/mol. The van der Waals surface area contributed by atoms with E-state index in [9.17, 15) is 4.79 Å². The van der Waals surface area contributed by atoms with Gasteiger partial charge in [-0.1, -0.05) is 32.4 Å². The average Bonchev–Trinajstić information content (AvgIpc) is 2.54. The normalized spacial score (nSPS) is 17.2. The van der Waals surface area contributed by atoms with Crippen LogP contribution in [0.2, 0.25) is 0 Å². The molecule has 21 heavy (non-hydrogen) atoms. The predicted molar refractivity (Wildman–Crippen MR) is 85.2 cm³/mol. The quantitative estimate of drug-likeness (QED) is 0.857. The van der Waals surface area contributed by atoms with Crippen molar-refractivity contribution in [3.05, 3.63) is 29.8 Å². The van der Waals surface area contributed by atoms with E-state index >= 15 is 0 Å². The molecule has 0 bridgehead atoms. The van der Waals surface area contributed by atoms with E-state index < -0.39 is 0 Å². The van der Waals surface area contributed by atoms with Gasteiger partial charge in [-0.15, -0.1) is 0 Å². The highest BCUT2D eigenvalue weighted by Gasteiger charge is 2.14. The predicted octanol–water partition coefficient (Wildman–Crippen LogP) is 4.06. The van der Waals surface area contributed by atoms with Crippen LogP contribution in [0.15, 0.2) is 24.3 Å². The SMILES string of the molecule is CCC(C)C(=O)NCc1ccc(OC2CCCCC2)cc1. The minimum absolute atomic E-state index is 0.0823. The first kappa shape index (κ1) is 15.9. The van der Waals surface area contributed by atoms with Crippen LogP contribution in [0.3, 0.4) is 0 Å². The molecule has 0 radical (unpaired) electrons. The summed E-state index contributed by atoms with van der Waals surface area (Å²) in [5.74, 6) is 1.15. The summed E-state index contributed by atoms with van der Waals surface area (Å²) in [4.78, 5) is 11.7. The number of amides is 1. The van der Waals surface area contributed by atoms with Gasteiger partial charge < -0.3 is 10.1 Å². The first-order valence-corrected chi connectivity index (χ1v) is 8.22. The van der Waals surface area contributed by atoms with Crippen molar-refractivity contribution in [1.29, 1.82) is 0 Å². The van der Waals surface area contributed by atoms with Crippen LogP contribution >= 0.6 is 0 Å². The maximum atomic E-state index is 11.7. The molecule has 3 nitrogen and oxygen atoms in total. The second-order valence-corrected chi connectivity index (χ2v) is 6.05. The second-order valence-electron chi connectivity index (χ2n) is 6.05. The minimum Gasteiger partial charge on any atom is -0.490 e. The number of carbonyl (C=O) groups is 1. The van der Waals surface area contributed by atoms with Gasteiger partial charge in [0.2, 0.25) is 5.91 Å². The summed E-state index contributed by atoms with van der Waals surface area (Å²) in [6.07, 6.45) is 7.51. The number of rotatable bonds is 6. The van der Waals surface area contributed by atoms with Crippen LogP contribution in [0.25, 0.3) is 0 Å². The number of carbonyl (C=O) groups excluding carboxylic acids is 1. The smallest absolute Gasteiger partial charge is 0.223 e. The molecule has 1 fully saturated rings. The standard InChI is InChI=1S/C18H27NO2/c1-3-14(2)18(20)19-13-15-9-11-17(12-10-15)21-16-7-5-4-6-8-16/h9-12,14,16H,3-8,13H2,1-2H3,(H,19,20). The lowest BCUT2D eigenvalue weighted by Crippen LogP contribution is -2.28. The van der Waals surface area contributed by atoms with Gasteiger partial charge in [-0.25, -0.2) is 0 Å². The van der Waals surface area contributed by atoms with E-state index in [2.05, 4.69) is 5.32 Å². The Hall–Kier alpha value is -1.51. The van der Waals surface area contributed by atoms with Crippen molar-refractivity contribution in [3.8, 4) is 5.75 Å². The summed E-state index contributed by atoms with van der Waals surface area (Å²) in [6, 6.07) is 8.10. The van der Waals surface area contributed by atoms with Gasteiger partial charge in [0.25, 0.3) is 0 Å². The summed E-state index contributed by atoms with van der Waals surface area (Å²) in [5, 5.41) is 2.97.